The summed E-state index contributed by atoms with van der Waals surface area (Å²) in [5.74, 6) is -0.698. The van der Waals surface area contributed by atoms with Crippen LogP contribution in [0.4, 0.5) is 13.2 Å². The van der Waals surface area contributed by atoms with E-state index in [1.54, 1.807) is 6.07 Å². The van der Waals surface area contributed by atoms with Crippen molar-refractivity contribution < 1.29 is 26.4 Å². The highest BCUT2D eigenvalue weighted by Gasteiger charge is 2.30. The lowest BCUT2D eigenvalue weighted by Gasteiger charge is -2.25. The predicted molar refractivity (Wildman–Crippen MR) is 79.2 cm³/mol. The highest BCUT2D eigenvalue weighted by atomic mass is 32.2. The zero-order chi connectivity index (χ0) is 17.7. The van der Waals surface area contributed by atoms with Crippen LogP contribution in [-0.2, 0) is 14.8 Å². The molecule has 0 saturated heterocycles. The summed E-state index contributed by atoms with van der Waals surface area (Å²) < 4.78 is 63.2. The van der Waals surface area contributed by atoms with E-state index >= 15 is 0 Å². The van der Waals surface area contributed by atoms with Crippen LogP contribution in [0.2, 0.25) is 0 Å². The summed E-state index contributed by atoms with van der Waals surface area (Å²) in [5, 5.41) is 0. The van der Waals surface area contributed by atoms with E-state index in [9.17, 15) is 26.4 Å². The number of benzene rings is 1. The SMILES string of the molecule is CCN(CCC(F)(F)F)C(=O)[C@H](C)NS(=O)(=O)c1ccccc1. The monoisotopic (exact) mass is 352 g/mol. The molecule has 1 atom stereocenters. The molecule has 0 aliphatic carbocycles. The molecule has 1 N–H and O–H groups in total. The number of carbonyl (C=O) groups is 1. The van der Waals surface area contributed by atoms with Crippen LogP contribution in [0, 0.1) is 0 Å². The number of likely N-dealkylation sites (N-methyl/N-ethyl adjacent to an activating group) is 1. The number of nitrogens with zero attached hydrogens (tertiary/aromatic N) is 1. The third-order valence-electron chi connectivity index (χ3n) is 3.11. The van der Waals surface area contributed by atoms with Gasteiger partial charge < -0.3 is 4.90 Å². The van der Waals surface area contributed by atoms with Crippen LogP contribution in [0.15, 0.2) is 35.2 Å². The summed E-state index contributed by atoms with van der Waals surface area (Å²) in [6, 6.07) is 6.27. The molecular formula is C14H19F3N2O3S. The Kier molecular flexibility index (Phi) is 6.57. The van der Waals surface area contributed by atoms with E-state index in [4.69, 9.17) is 0 Å². The predicted octanol–water partition coefficient (Wildman–Crippen LogP) is 2.15. The number of sulfonamides is 1. The molecule has 0 heterocycles. The van der Waals surface area contributed by atoms with E-state index in [0.717, 1.165) is 4.90 Å². The van der Waals surface area contributed by atoms with Crippen LogP contribution >= 0.6 is 0 Å². The fraction of sp³-hybridized carbons (Fsp3) is 0.500. The molecule has 0 unspecified atom stereocenters. The van der Waals surface area contributed by atoms with Gasteiger partial charge in [0.1, 0.15) is 0 Å². The highest BCUT2D eigenvalue weighted by Crippen LogP contribution is 2.20. The molecule has 130 valence electrons. The number of rotatable bonds is 7. The normalized spacial score (nSPS) is 13.6. The quantitative estimate of drug-likeness (QED) is 0.818. The van der Waals surface area contributed by atoms with Crippen LogP contribution in [0.25, 0.3) is 0 Å². The minimum atomic E-state index is -4.37. The van der Waals surface area contributed by atoms with Gasteiger partial charge in [-0.25, -0.2) is 8.42 Å². The van der Waals surface area contributed by atoms with Crippen LogP contribution < -0.4 is 4.72 Å². The molecule has 0 aliphatic heterocycles. The van der Waals surface area contributed by atoms with Gasteiger partial charge in [0.2, 0.25) is 15.9 Å². The Bertz CT molecular complexity index is 618. The summed E-state index contributed by atoms with van der Waals surface area (Å²) in [4.78, 5) is 13.1. The van der Waals surface area contributed by atoms with E-state index in [-0.39, 0.29) is 11.4 Å². The van der Waals surface area contributed by atoms with Gasteiger partial charge in [-0.3, -0.25) is 4.79 Å². The molecule has 1 rings (SSSR count). The number of hydrogen-bond acceptors (Lipinski definition) is 3. The number of hydrogen-bond donors (Lipinski definition) is 1. The summed E-state index contributed by atoms with van der Waals surface area (Å²) >= 11 is 0. The third-order valence-corrected chi connectivity index (χ3v) is 4.67. The highest BCUT2D eigenvalue weighted by molar-refractivity contribution is 7.89. The average molecular weight is 352 g/mol. The molecule has 0 bridgehead atoms. The molecule has 0 spiro atoms. The molecular weight excluding hydrogens is 333 g/mol. The van der Waals surface area contributed by atoms with E-state index in [1.807, 2.05) is 0 Å². The van der Waals surface area contributed by atoms with Crippen molar-refractivity contribution in [2.24, 2.45) is 0 Å². The van der Waals surface area contributed by atoms with Gasteiger partial charge in [0, 0.05) is 13.1 Å². The van der Waals surface area contributed by atoms with Crippen LogP contribution in [-0.4, -0.2) is 44.5 Å². The van der Waals surface area contributed by atoms with Crippen molar-refractivity contribution in [3.8, 4) is 0 Å². The van der Waals surface area contributed by atoms with Crippen molar-refractivity contribution >= 4 is 15.9 Å². The van der Waals surface area contributed by atoms with Gasteiger partial charge in [-0.05, 0) is 26.0 Å². The lowest BCUT2D eigenvalue weighted by molar-refractivity contribution is -0.145. The van der Waals surface area contributed by atoms with Crippen molar-refractivity contribution in [3.63, 3.8) is 0 Å². The van der Waals surface area contributed by atoms with Crippen LogP contribution in [0.1, 0.15) is 20.3 Å². The van der Waals surface area contributed by atoms with E-state index in [0.29, 0.717) is 0 Å². The fourth-order valence-electron chi connectivity index (χ4n) is 1.91. The molecule has 0 aliphatic rings. The lowest BCUT2D eigenvalue weighted by Crippen LogP contribution is -2.47. The van der Waals surface area contributed by atoms with E-state index in [1.165, 1.54) is 38.1 Å². The van der Waals surface area contributed by atoms with Crippen LogP contribution in [0.5, 0.6) is 0 Å². The van der Waals surface area contributed by atoms with Gasteiger partial charge in [-0.1, -0.05) is 18.2 Å². The van der Waals surface area contributed by atoms with Gasteiger partial charge in [0.15, 0.2) is 0 Å². The second kappa shape index (κ2) is 7.78. The van der Waals surface area contributed by atoms with E-state index in [2.05, 4.69) is 4.72 Å². The zero-order valence-electron chi connectivity index (χ0n) is 12.8. The van der Waals surface area contributed by atoms with Crippen molar-refractivity contribution in [3.05, 3.63) is 30.3 Å². The first-order chi connectivity index (χ1) is 10.6. The molecule has 0 fully saturated rings. The first-order valence-corrected chi connectivity index (χ1v) is 8.48. The molecule has 1 amide bonds. The first-order valence-electron chi connectivity index (χ1n) is 6.99. The largest absolute Gasteiger partial charge is 0.390 e. The third kappa shape index (κ3) is 6.19. The Labute approximate surface area is 133 Å². The summed E-state index contributed by atoms with van der Waals surface area (Å²) in [5.41, 5.74) is 0. The topological polar surface area (TPSA) is 66.5 Å². The molecule has 1 aromatic carbocycles. The Morgan fingerprint density at radius 3 is 2.30 bits per heavy atom. The first kappa shape index (κ1) is 19.4. The van der Waals surface area contributed by atoms with E-state index < -0.39 is 41.1 Å². The van der Waals surface area contributed by atoms with Crippen molar-refractivity contribution in [1.29, 1.82) is 0 Å². The van der Waals surface area contributed by atoms with Gasteiger partial charge in [0.05, 0.1) is 17.4 Å². The molecule has 0 aromatic heterocycles. The van der Waals surface area contributed by atoms with Gasteiger partial charge in [-0.15, -0.1) is 0 Å². The summed E-state index contributed by atoms with van der Waals surface area (Å²) in [6.45, 7) is 2.40. The minimum absolute atomic E-state index is 0.0158. The average Bonchev–Trinajstić information content (AvgIpc) is 2.47. The smallest absolute Gasteiger partial charge is 0.341 e. The van der Waals surface area contributed by atoms with Crippen molar-refractivity contribution in [2.75, 3.05) is 13.1 Å². The molecule has 0 saturated carbocycles. The Morgan fingerprint density at radius 1 is 1.26 bits per heavy atom. The standard InChI is InChI=1S/C14H19F3N2O3S/c1-3-19(10-9-14(15,16)17)13(20)11(2)18-23(21,22)12-7-5-4-6-8-12/h4-8,11,18H,3,9-10H2,1-2H3/t11-/m0/s1. The second-order valence-electron chi connectivity index (χ2n) is 4.94. The molecule has 9 heteroatoms. The number of alkyl halides is 3. The number of carbonyl (C=O) groups excluding carboxylic acids is 1. The number of halogens is 3. The van der Waals surface area contributed by atoms with Gasteiger partial charge in [-0.2, -0.15) is 17.9 Å². The van der Waals surface area contributed by atoms with Crippen molar-refractivity contribution in [1.82, 2.24) is 9.62 Å². The lowest BCUT2D eigenvalue weighted by atomic mass is 10.3. The zero-order valence-corrected chi connectivity index (χ0v) is 13.6. The van der Waals surface area contributed by atoms with Crippen molar-refractivity contribution in [2.45, 2.75) is 37.4 Å². The number of amides is 1. The molecule has 1 aromatic rings. The maximum Gasteiger partial charge on any atom is 0.390 e. The second-order valence-corrected chi connectivity index (χ2v) is 6.65. The van der Waals surface area contributed by atoms with Gasteiger partial charge in [0.25, 0.3) is 0 Å². The maximum absolute atomic E-state index is 12.3. The van der Waals surface area contributed by atoms with Crippen LogP contribution in [0.3, 0.4) is 0 Å². The fourth-order valence-corrected chi connectivity index (χ4v) is 3.13. The minimum Gasteiger partial charge on any atom is -0.341 e. The number of nitrogens with one attached hydrogen (secondary N) is 1. The molecule has 23 heavy (non-hydrogen) atoms. The summed E-state index contributed by atoms with van der Waals surface area (Å²) in [7, 11) is -3.91. The Balaban J connectivity index is 2.75. The maximum atomic E-state index is 12.3. The Morgan fingerprint density at radius 2 is 1.83 bits per heavy atom. The molecule has 5 nitrogen and oxygen atoms in total. The van der Waals surface area contributed by atoms with Gasteiger partial charge >= 0.3 is 6.18 Å². The Hall–Kier alpha value is -1.61. The molecule has 0 radical (unpaired) electrons. The summed E-state index contributed by atoms with van der Waals surface area (Å²) in [6.07, 6.45) is -5.51.